The van der Waals surface area contributed by atoms with Gasteiger partial charge < -0.3 is 24.1 Å². The molecule has 0 aliphatic carbocycles. The summed E-state index contributed by atoms with van der Waals surface area (Å²) in [5.41, 5.74) is 0.880. The van der Waals surface area contributed by atoms with E-state index in [1.54, 1.807) is 36.4 Å². The molecule has 2 aromatic rings. The third-order valence-corrected chi connectivity index (χ3v) is 3.59. The first-order valence-electron chi connectivity index (χ1n) is 6.95. The Bertz CT molecular complexity index is 824. The first-order chi connectivity index (χ1) is 11.2. The molecule has 2 aliphatic rings. The van der Waals surface area contributed by atoms with E-state index in [0.29, 0.717) is 34.1 Å². The predicted molar refractivity (Wildman–Crippen MR) is 80.1 cm³/mol. The Morgan fingerprint density at radius 1 is 0.826 bits per heavy atom. The fourth-order valence-electron chi connectivity index (χ4n) is 2.40. The number of rotatable bonds is 3. The second-order valence-electron chi connectivity index (χ2n) is 5.03. The van der Waals surface area contributed by atoms with Gasteiger partial charge in [-0.3, -0.25) is 4.79 Å². The highest BCUT2D eigenvalue weighted by Crippen LogP contribution is 2.35. The number of aliphatic hydroxyl groups is 1. The maximum absolute atomic E-state index is 12.3. The number of hydrogen-bond acceptors (Lipinski definition) is 6. The van der Waals surface area contributed by atoms with Gasteiger partial charge in [0.2, 0.25) is 13.6 Å². The highest BCUT2D eigenvalue weighted by atomic mass is 16.7. The normalized spacial score (nSPS) is 14.9. The quantitative estimate of drug-likeness (QED) is 0.533. The van der Waals surface area contributed by atoms with Crippen LogP contribution in [0.15, 0.2) is 42.5 Å². The van der Waals surface area contributed by atoms with Gasteiger partial charge in [0.1, 0.15) is 5.76 Å². The number of carbonyl (C=O) groups is 1. The number of allylic oxidation sites excluding steroid dienone is 1. The standard InChI is InChI=1S/C17H12O6/c18-12(10-1-3-14-16(5-10)22-8-20-14)7-13(19)11-2-4-15-17(6-11)23-9-21-15/h1-7,18H,8-9H2/b12-7-. The first kappa shape index (κ1) is 13.5. The van der Waals surface area contributed by atoms with Crippen molar-refractivity contribution in [3.63, 3.8) is 0 Å². The topological polar surface area (TPSA) is 74.2 Å². The van der Waals surface area contributed by atoms with E-state index in [-0.39, 0.29) is 25.1 Å². The molecule has 2 heterocycles. The molecule has 0 saturated carbocycles. The minimum absolute atomic E-state index is 0.144. The van der Waals surface area contributed by atoms with Crippen molar-refractivity contribution in [2.45, 2.75) is 0 Å². The molecule has 0 bridgehead atoms. The van der Waals surface area contributed by atoms with Crippen LogP contribution >= 0.6 is 0 Å². The number of aliphatic hydroxyl groups excluding tert-OH is 1. The van der Waals surface area contributed by atoms with E-state index in [1.807, 2.05) is 0 Å². The highest BCUT2D eigenvalue weighted by Gasteiger charge is 2.17. The van der Waals surface area contributed by atoms with Gasteiger partial charge in [0, 0.05) is 17.2 Å². The van der Waals surface area contributed by atoms with Gasteiger partial charge in [0.25, 0.3) is 0 Å². The second kappa shape index (κ2) is 5.24. The second-order valence-corrected chi connectivity index (χ2v) is 5.03. The molecule has 0 atom stereocenters. The van der Waals surface area contributed by atoms with E-state index < -0.39 is 0 Å². The van der Waals surface area contributed by atoms with Crippen LogP contribution in [0.25, 0.3) is 5.76 Å². The van der Waals surface area contributed by atoms with Crippen LogP contribution in [0.2, 0.25) is 0 Å². The Labute approximate surface area is 131 Å². The van der Waals surface area contributed by atoms with Crippen LogP contribution in [0.4, 0.5) is 0 Å². The zero-order valence-electron chi connectivity index (χ0n) is 11.9. The summed E-state index contributed by atoms with van der Waals surface area (Å²) >= 11 is 0. The predicted octanol–water partition coefficient (Wildman–Crippen LogP) is 2.93. The lowest BCUT2D eigenvalue weighted by Gasteiger charge is -2.03. The van der Waals surface area contributed by atoms with E-state index >= 15 is 0 Å². The van der Waals surface area contributed by atoms with Crippen LogP contribution < -0.4 is 18.9 Å². The Morgan fingerprint density at radius 2 is 1.35 bits per heavy atom. The minimum Gasteiger partial charge on any atom is -0.507 e. The number of carbonyl (C=O) groups excluding carboxylic acids is 1. The van der Waals surface area contributed by atoms with Gasteiger partial charge in [-0.15, -0.1) is 0 Å². The van der Waals surface area contributed by atoms with Gasteiger partial charge in [-0.1, -0.05) is 0 Å². The summed E-state index contributed by atoms with van der Waals surface area (Å²) in [7, 11) is 0. The monoisotopic (exact) mass is 312 g/mol. The van der Waals surface area contributed by atoms with Gasteiger partial charge in [0.15, 0.2) is 28.8 Å². The van der Waals surface area contributed by atoms with E-state index in [1.165, 1.54) is 0 Å². The van der Waals surface area contributed by atoms with E-state index in [4.69, 9.17) is 18.9 Å². The van der Waals surface area contributed by atoms with Gasteiger partial charge in [0.05, 0.1) is 0 Å². The molecule has 6 nitrogen and oxygen atoms in total. The van der Waals surface area contributed by atoms with E-state index in [0.717, 1.165) is 6.08 Å². The molecule has 116 valence electrons. The zero-order valence-corrected chi connectivity index (χ0v) is 11.9. The van der Waals surface area contributed by atoms with Crippen LogP contribution in [-0.4, -0.2) is 24.5 Å². The fourth-order valence-corrected chi connectivity index (χ4v) is 2.40. The van der Waals surface area contributed by atoms with E-state index in [9.17, 15) is 9.90 Å². The molecule has 0 unspecified atom stereocenters. The van der Waals surface area contributed by atoms with Gasteiger partial charge in [-0.25, -0.2) is 0 Å². The smallest absolute Gasteiger partial charge is 0.231 e. The summed E-state index contributed by atoms with van der Waals surface area (Å²) in [4.78, 5) is 12.3. The molecule has 0 spiro atoms. The van der Waals surface area contributed by atoms with Crippen molar-refractivity contribution in [1.82, 2.24) is 0 Å². The molecular weight excluding hydrogens is 300 g/mol. The molecule has 0 aromatic heterocycles. The number of ether oxygens (including phenoxy) is 4. The summed E-state index contributed by atoms with van der Waals surface area (Å²) in [6.45, 7) is 0.296. The molecule has 0 radical (unpaired) electrons. The molecule has 0 amide bonds. The molecule has 0 fully saturated rings. The zero-order chi connectivity index (χ0) is 15.8. The average molecular weight is 312 g/mol. The Balaban J connectivity index is 1.60. The van der Waals surface area contributed by atoms with Crippen molar-refractivity contribution in [2.75, 3.05) is 13.6 Å². The lowest BCUT2D eigenvalue weighted by Crippen LogP contribution is -1.97. The largest absolute Gasteiger partial charge is 0.507 e. The van der Waals surface area contributed by atoms with Crippen molar-refractivity contribution in [3.8, 4) is 23.0 Å². The van der Waals surface area contributed by atoms with Crippen LogP contribution in [0, 0.1) is 0 Å². The molecule has 0 saturated heterocycles. The Kier molecular flexibility index (Phi) is 3.08. The van der Waals surface area contributed by atoms with Gasteiger partial charge in [-0.05, 0) is 36.4 Å². The highest BCUT2D eigenvalue weighted by molar-refractivity contribution is 6.08. The summed E-state index contributed by atoms with van der Waals surface area (Å²) in [5.74, 6) is 1.79. The number of hydrogen-bond donors (Lipinski definition) is 1. The van der Waals surface area contributed by atoms with Crippen LogP contribution in [0.3, 0.4) is 0 Å². The van der Waals surface area contributed by atoms with Crippen LogP contribution in [-0.2, 0) is 0 Å². The molecule has 2 aliphatic heterocycles. The van der Waals surface area contributed by atoms with Crippen molar-refractivity contribution in [2.24, 2.45) is 0 Å². The maximum atomic E-state index is 12.3. The van der Waals surface area contributed by atoms with E-state index in [2.05, 4.69) is 0 Å². The maximum Gasteiger partial charge on any atom is 0.231 e. The molecule has 23 heavy (non-hydrogen) atoms. The SMILES string of the molecule is O=C(/C=C(\O)c1ccc2c(c1)OCO2)c1ccc2c(c1)OCO2. The number of fused-ring (bicyclic) bond motifs is 2. The summed E-state index contributed by atoms with van der Waals surface area (Å²) in [6, 6.07) is 9.86. The van der Waals surface area contributed by atoms with Crippen molar-refractivity contribution >= 4 is 11.5 Å². The third-order valence-electron chi connectivity index (χ3n) is 3.59. The molecule has 4 rings (SSSR count). The number of ketones is 1. The first-order valence-corrected chi connectivity index (χ1v) is 6.95. The molecule has 1 N–H and O–H groups in total. The van der Waals surface area contributed by atoms with Crippen LogP contribution in [0.5, 0.6) is 23.0 Å². The van der Waals surface area contributed by atoms with Gasteiger partial charge >= 0.3 is 0 Å². The lowest BCUT2D eigenvalue weighted by molar-refractivity contribution is 0.104. The molecule has 2 aromatic carbocycles. The van der Waals surface area contributed by atoms with Crippen molar-refractivity contribution in [1.29, 1.82) is 0 Å². The summed E-state index contributed by atoms with van der Waals surface area (Å²) in [6.07, 6.45) is 1.16. The van der Waals surface area contributed by atoms with Crippen LogP contribution in [0.1, 0.15) is 15.9 Å². The summed E-state index contributed by atoms with van der Waals surface area (Å²) < 4.78 is 20.9. The Hall–Kier alpha value is -3.15. The Morgan fingerprint density at radius 3 is 2.00 bits per heavy atom. The van der Waals surface area contributed by atoms with Crippen molar-refractivity contribution in [3.05, 3.63) is 53.6 Å². The minimum atomic E-state index is -0.335. The fraction of sp³-hybridized carbons (Fsp3) is 0.118. The lowest BCUT2D eigenvalue weighted by atomic mass is 10.1. The molecule has 6 heteroatoms. The summed E-state index contributed by atoms with van der Waals surface area (Å²) in [5, 5.41) is 10.2. The van der Waals surface area contributed by atoms with Crippen molar-refractivity contribution < 1.29 is 28.8 Å². The number of benzene rings is 2. The third kappa shape index (κ3) is 2.44. The molecular formula is C17H12O6. The average Bonchev–Trinajstić information content (AvgIpc) is 3.21. The van der Waals surface area contributed by atoms with Gasteiger partial charge in [-0.2, -0.15) is 0 Å².